The number of alkyl halides is 2. The molecule has 3 aromatic heterocycles. The third kappa shape index (κ3) is 5.61. The van der Waals surface area contributed by atoms with Crippen LogP contribution in [0.4, 0.5) is 20.2 Å². The molecule has 0 aliphatic heterocycles. The number of ether oxygens (including phenoxy) is 1. The highest BCUT2D eigenvalue weighted by Gasteiger charge is 2.54. The maximum absolute atomic E-state index is 13.8. The zero-order valence-electron chi connectivity index (χ0n) is 23.5. The first-order chi connectivity index (χ1) is 19.5. The molecule has 0 spiro atoms. The summed E-state index contributed by atoms with van der Waals surface area (Å²) < 4.78 is 34.2. The second-order valence-corrected chi connectivity index (χ2v) is 11.9. The van der Waals surface area contributed by atoms with Gasteiger partial charge in [0.05, 0.1) is 41.1 Å². The number of anilines is 2. The zero-order chi connectivity index (χ0) is 29.5. The van der Waals surface area contributed by atoms with Crippen LogP contribution >= 0.6 is 11.6 Å². The highest BCUT2D eigenvalue weighted by atomic mass is 35.5. The number of nitrogens with zero attached hydrogens (tertiary/aromatic N) is 6. The quantitative estimate of drug-likeness (QED) is 0.231. The number of aromatic nitrogens is 5. The third-order valence-corrected chi connectivity index (χ3v) is 7.49. The van der Waals surface area contributed by atoms with Crippen LogP contribution in [0, 0.1) is 23.7 Å². The van der Waals surface area contributed by atoms with Crippen LogP contribution in [-0.2, 0) is 5.54 Å². The molecule has 12 heteroatoms. The van der Waals surface area contributed by atoms with E-state index in [-0.39, 0.29) is 5.41 Å². The standard InChI is InChI=1S/C29H31ClF2N8O/c1-16-19(6-7-23(36-16)41-5)26(22-14-40(39-38-22)29(8-9-29)27(31)32)37-18-10-20-24(35-15-28(2,3)4)17(12-33)13-34-25(20)21(30)11-18/h6-7,10-11,13-14,26-27,37H,8-9,15H2,1-5H3,(H,34,35)/t26-/m0/s1. The maximum atomic E-state index is 13.8. The average Bonchev–Trinajstić information content (AvgIpc) is 3.60. The number of nitrogens with one attached hydrogen (secondary N) is 2. The van der Waals surface area contributed by atoms with Crippen LogP contribution < -0.4 is 15.4 Å². The topological polar surface area (TPSA) is 114 Å². The van der Waals surface area contributed by atoms with E-state index in [1.54, 1.807) is 18.3 Å². The largest absolute Gasteiger partial charge is 0.481 e. The molecule has 0 unspecified atom stereocenters. The molecule has 9 nitrogen and oxygen atoms in total. The number of rotatable bonds is 9. The van der Waals surface area contributed by atoms with Gasteiger partial charge in [-0.15, -0.1) is 5.10 Å². The lowest BCUT2D eigenvalue weighted by molar-refractivity contribution is 0.0593. The number of nitriles is 1. The van der Waals surface area contributed by atoms with Crippen molar-refractivity contribution in [3.05, 3.63) is 64.2 Å². The fourth-order valence-electron chi connectivity index (χ4n) is 4.72. The molecule has 0 saturated heterocycles. The van der Waals surface area contributed by atoms with Crippen molar-refractivity contribution >= 4 is 33.9 Å². The van der Waals surface area contributed by atoms with Crippen molar-refractivity contribution in [2.75, 3.05) is 24.3 Å². The lowest BCUT2D eigenvalue weighted by atomic mass is 9.96. The van der Waals surface area contributed by atoms with Gasteiger partial charge in [0.15, 0.2) is 0 Å². The number of halogens is 3. The summed E-state index contributed by atoms with van der Waals surface area (Å²) in [5.41, 5.74) is 2.69. The van der Waals surface area contributed by atoms with E-state index in [2.05, 4.69) is 57.8 Å². The van der Waals surface area contributed by atoms with Gasteiger partial charge >= 0.3 is 0 Å². The molecule has 0 amide bonds. The molecule has 1 aromatic carbocycles. The lowest BCUT2D eigenvalue weighted by Gasteiger charge is -2.23. The maximum Gasteiger partial charge on any atom is 0.263 e. The van der Waals surface area contributed by atoms with Crippen LogP contribution in [0.15, 0.2) is 36.7 Å². The predicted molar refractivity (Wildman–Crippen MR) is 154 cm³/mol. The lowest BCUT2D eigenvalue weighted by Crippen LogP contribution is -2.26. The van der Waals surface area contributed by atoms with Gasteiger partial charge in [0.2, 0.25) is 5.88 Å². The number of aryl methyl sites for hydroxylation is 1. The molecule has 1 atom stereocenters. The fraction of sp³-hybridized carbons (Fsp3) is 0.414. The van der Waals surface area contributed by atoms with Gasteiger partial charge in [-0.3, -0.25) is 4.98 Å². The number of benzene rings is 1. The highest BCUT2D eigenvalue weighted by Crippen LogP contribution is 2.48. The first kappa shape index (κ1) is 28.5. The summed E-state index contributed by atoms with van der Waals surface area (Å²) in [6.45, 7) is 8.74. The van der Waals surface area contributed by atoms with Crippen LogP contribution in [0.5, 0.6) is 5.88 Å². The molecule has 1 fully saturated rings. The van der Waals surface area contributed by atoms with E-state index in [1.807, 2.05) is 19.1 Å². The molecule has 1 aliphatic carbocycles. The van der Waals surface area contributed by atoms with Gasteiger partial charge in [-0.1, -0.05) is 37.6 Å². The number of pyridine rings is 2. The average molecular weight is 581 g/mol. The number of hydrogen-bond donors (Lipinski definition) is 2. The number of fused-ring (bicyclic) bond motifs is 1. The van der Waals surface area contributed by atoms with Crippen molar-refractivity contribution in [2.24, 2.45) is 5.41 Å². The van der Waals surface area contributed by atoms with Gasteiger partial charge < -0.3 is 15.4 Å². The first-order valence-electron chi connectivity index (χ1n) is 13.2. The minimum atomic E-state index is -2.55. The summed E-state index contributed by atoms with van der Waals surface area (Å²) in [5.74, 6) is 0.446. The van der Waals surface area contributed by atoms with E-state index in [0.29, 0.717) is 69.5 Å². The smallest absolute Gasteiger partial charge is 0.263 e. The van der Waals surface area contributed by atoms with Crippen molar-refractivity contribution in [3.63, 3.8) is 0 Å². The molecule has 41 heavy (non-hydrogen) atoms. The van der Waals surface area contributed by atoms with E-state index in [1.165, 1.54) is 18.0 Å². The summed E-state index contributed by atoms with van der Waals surface area (Å²) in [7, 11) is 1.54. The van der Waals surface area contributed by atoms with Crippen LogP contribution in [-0.4, -0.2) is 45.0 Å². The van der Waals surface area contributed by atoms with E-state index < -0.39 is 18.0 Å². The van der Waals surface area contributed by atoms with Crippen LogP contribution in [0.3, 0.4) is 0 Å². The van der Waals surface area contributed by atoms with Crippen molar-refractivity contribution in [2.45, 2.75) is 58.5 Å². The third-order valence-electron chi connectivity index (χ3n) is 7.20. The Balaban J connectivity index is 1.61. The minimum absolute atomic E-state index is 0.0467. The van der Waals surface area contributed by atoms with E-state index >= 15 is 0 Å². The fourth-order valence-corrected chi connectivity index (χ4v) is 4.99. The van der Waals surface area contributed by atoms with Gasteiger partial charge in [0.25, 0.3) is 6.43 Å². The van der Waals surface area contributed by atoms with E-state index in [9.17, 15) is 14.0 Å². The minimum Gasteiger partial charge on any atom is -0.481 e. The second-order valence-electron chi connectivity index (χ2n) is 11.5. The van der Waals surface area contributed by atoms with Crippen molar-refractivity contribution in [3.8, 4) is 11.9 Å². The summed E-state index contributed by atoms with van der Waals surface area (Å²) in [4.78, 5) is 8.95. The molecule has 1 aliphatic rings. The van der Waals surface area contributed by atoms with E-state index in [4.69, 9.17) is 16.3 Å². The Bertz CT molecular complexity index is 1640. The molecular weight excluding hydrogens is 550 g/mol. The Labute approximate surface area is 241 Å². The SMILES string of the molecule is COc1ccc([C@H](Nc2cc(Cl)c3ncc(C#N)c(NCC(C)(C)C)c3c2)c2cn(C3(C(F)F)CC3)nn2)c(C)n1. The summed E-state index contributed by atoms with van der Waals surface area (Å²) in [5, 5.41) is 26.1. The van der Waals surface area contributed by atoms with Crippen LogP contribution in [0.1, 0.15) is 62.2 Å². The summed E-state index contributed by atoms with van der Waals surface area (Å²) >= 11 is 6.72. The van der Waals surface area contributed by atoms with Crippen LogP contribution in [0.2, 0.25) is 5.02 Å². The van der Waals surface area contributed by atoms with Gasteiger partial charge in [0, 0.05) is 41.1 Å². The Hall–Kier alpha value is -4.04. The molecule has 3 heterocycles. The van der Waals surface area contributed by atoms with Crippen molar-refractivity contribution < 1.29 is 13.5 Å². The summed E-state index contributed by atoms with van der Waals surface area (Å²) in [6.07, 6.45) is 1.21. The molecule has 5 rings (SSSR count). The molecule has 0 radical (unpaired) electrons. The monoisotopic (exact) mass is 580 g/mol. The van der Waals surface area contributed by atoms with E-state index in [0.717, 1.165) is 5.56 Å². The van der Waals surface area contributed by atoms with Gasteiger partial charge in [-0.05, 0) is 43.4 Å². The molecule has 1 saturated carbocycles. The predicted octanol–water partition coefficient (Wildman–Crippen LogP) is 6.48. The normalized spacial score (nSPS) is 15.0. The Morgan fingerprint density at radius 2 is 2.00 bits per heavy atom. The first-order valence-corrected chi connectivity index (χ1v) is 13.6. The number of hydrogen-bond acceptors (Lipinski definition) is 8. The van der Waals surface area contributed by atoms with Gasteiger partial charge in [-0.2, -0.15) is 5.26 Å². The molecule has 214 valence electrons. The Morgan fingerprint density at radius 3 is 2.61 bits per heavy atom. The Morgan fingerprint density at radius 1 is 1.24 bits per heavy atom. The van der Waals surface area contributed by atoms with Crippen molar-refractivity contribution in [1.29, 1.82) is 5.26 Å². The van der Waals surface area contributed by atoms with Crippen molar-refractivity contribution in [1.82, 2.24) is 25.0 Å². The highest BCUT2D eigenvalue weighted by molar-refractivity contribution is 6.35. The molecule has 0 bridgehead atoms. The second kappa shape index (κ2) is 10.7. The Kier molecular flexibility index (Phi) is 7.46. The van der Waals surface area contributed by atoms with Gasteiger partial charge in [0.1, 0.15) is 17.3 Å². The molecular formula is C29H31ClF2N8O. The van der Waals surface area contributed by atoms with Crippen LogP contribution in [0.25, 0.3) is 10.9 Å². The molecule has 4 aromatic rings. The zero-order valence-corrected chi connectivity index (χ0v) is 24.2. The van der Waals surface area contributed by atoms with Gasteiger partial charge in [-0.25, -0.2) is 18.4 Å². The number of methoxy groups -OCH3 is 1. The summed E-state index contributed by atoms with van der Waals surface area (Å²) in [6, 6.07) is 8.79. The molecule has 2 N–H and O–H groups in total.